The first-order valence-corrected chi connectivity index (χ1v) is 16.3. The van der Waals surface area contributed by atoms with Crippen molar-refractivity contribution in [3.63, 3.8) is 0 Å². The highest BCUT2D eigenvalue weighted by Crippen LogP contribution is 2.60. The number of hydrogen-bond acceptors (Lipinski definition) is 6. The van der Waals surface area contributed by atoms with Gasteiger partial charge in [-0.05, 0) is 89.9 Å². The van der Waals surface area contributed by atoms with Crippen molar-refractivity contribution in [1.29, 1.82) is 0 Å². The molecule has 5 aliphatic rings. The molecule has 232 valence electrons. The van der Waals surface area contributed by atoms with Crippen LogP contribution in [-0.4, -0.2) is 70.9 Å². The number of nitrogens with one attached hydrogen (secondary N) is 2. The lowest BCUT2D eigenvalue weighted by atomic mass is 9.80. The smallest absolute Gasteiger partial charge is 0.164 e. The maximum absolute atomic E-state index is 16.1. The molecule has 43 heavy (non-hydrogen) atoms. The summed E-state index contributed by atoms with van der Waals surface area (Å²) in [5, 5.41) is 11.8. The van der Waals surface area contributed by atoms with Crippen molar-refractivity contribution in [2.24, 2.45) is 12.5 Å². The Morgan fingerprint density at radius 1 is 1.02 bits per heavy atom. The van der Waals surface area contributed by atoms with Crippen molar-refractivity contribution in [2.75, 3.05) is 44.7 Å². The Morgan fingerprint density at radius 2 is 1.72 bits per heavy atom. The fourth-order valence-electron chi connectivity index (χ4n) is 9.21. The maximum atomic E-state index is 16.1. The number of nitrogens with zero attached hydrogens (tertiary/aromatic N) is 5. The number of rotatable bonds is 6. The van der Waals surface area contributed by atoms with Crippen molar-refractivity contribution < 1.29 is 8.78 Å². The molecular weight excluding hydrogens is 544 g/mol. The first kappa shape index (κ1) is 28.8. The second-order valence-electron chi connectivity index (χ2n) is 14.0. The van der Waals surface area contributed by atoms with Crippen LogP contribution in [0.1, 0.15) is 75.7 Å². The minimum atomic E-state index is -0.470. The van der Waals surface area contributed by atoms with Gasteiger partial charge in [0.15, 0.2) is 11.6 Å². The Labute approximate surface area is 254 Å². The summed E-state index contributed by atoms with van der Waals surface area (Å²) in [6.45, 7) is 17.2. The van der Waals surface area contributed by atoms with Gasteiger partial charge in [0.2, 0.25) is 0 Å². The summed E-state index contributed by atoms with van der Waals surface area (Å²) in [6, 6.07) is 2.02. The average molecular weight is 592 g/mol. The molecule has 2 saturated carbocycles. The average Bonchev–Trinajstić information content (AvgIpc) is 3.68. The van der Waals surface area contributed by atoms with Gasteiger partial charge in [0.25, 0.3) is 0 Å². The van der Waals surface area contributed by atoms with E-state index in [1.807, 2.05) is 4.90 Å². The third-order valence-electron chi connectivity index (χ3n) is 11.9. The monoisotopic (exact) mass is 591 g/mol. The van der Waals surface area contributed by atoms with Gasteiger partial charge in [-0.15, -0.1) is 0 Å². The molecule has 7 nitrogen and oxygen atoms in total. The molecule has 0 atom stereocenters. The third kappa shape index (κ3) is 4.69. The van der Waals surface area contributed by atoms with Crippen LogP contribution in [0, 0.1) is 17.0 Å². The van der Waals surface area contributed by atoms with Crippen molar-refractivity contribution in [3.8, 4) is 0 Å². The molecule has 7 rings (SSSR count). The fourth-order valence-corrected chi connectivity index (χ4v) is 9.21. The Hall–Kier alpha value is -2.91. The molecule has 2 aliphatic carbocycles. The molecule has 9 heteroatoms. The van der Waals surface area contributed by atoms with Crippen LogP contribution in [0.15, 0.2) is 43.0 Å². The molecular formula is C34H47F2N7. The van der Waals surface area contributed by atoms with E-state index in [2.05, 4.69) is 52.3 Å². The molecule has 5 fully saturated rings. The standard InChI is InChI=1S/C34H47F2N7/c1-22-6-19-43(24(3)38-22)32-27-20-28(35)29(30(36)31(27)40(5)39-32)25-7-15-42(16-8-25)26-9-17-41(18-10-26)23(2)33-11-13-34(21-33,37-4)14-12-33/h20,25-26,37-38H,1-3,6-19,21H2,4-5H3. The number of likely N-dealkylation sites (tertiary alicyclic amines) is 2. The van der Waals surface area contributed by atoms with Crippen LogP contribution in [0.25, 0.3) is 10.9 Å². The topological polar surface area (TPSA) is 51.6 Å². The third-order valence-corrected chi connectivity index (χ3v) is 11.9. The number of fused-ring (bicyclic) bond motifs is 3. The number of anilines is 1. The summed E-state index contributed by atoms with van der Waals surface area (Å²) in [6.07, 6.45) is 10.8. The van der Waals surface area contributed by atoms with E-state index in [9.17, 15) is 0 Å². The van der Waals surface area contributed by atoms with Crippen LogP contribution in [0.5, 0.6) is 0 Å². The predicted molar refractivity (Wildman–Crippen MR) is 169 cm³/mol. The highest BCUT2D eigenvalue weighted by Gasteiger charge is 2.55. The van der Waals surface area contributed by atoms with E-state index in [0.717, 1.165) is 57.6 Å². The van der Waals surface area contributed by atoms with Crippen LogP contribution < -0.4 is 15.5 Å². The molecule has 0 unspecified atom stereocenters. The Kier molecular flexibility index (Phi) is 7.12. The van der Waals surface area contributed by atoms with Gasteiger partial charge in [0.05, 0.1) is 5.39 Å². The quantitative estimate of drug-likeness (QED) is 0.449. The van der Waals surface area contributed by atoms with Crippen LogP contribution in [0.3, 0.4) is 0 Å². The molecule has 2 bridgehead atoms. The van der Waals surface area contributed by atoms with Crippen molar-refractivity contribution >= 4 is 16.7 Å². The Bertz CT molecular complexity index is 1450. The zero-order valence-corrected chi connectivity index (χ0v) is 26.0. The lowest BCUT2D eigenvalue weighted by molar-refractivity contribution is 0.0877. The lowest BCUT2D eigenvalue weighted by Crippen LogP contribution is -2.48. The maximum Gasteiger partial charge on any atom is 0.164 e. The highest BCUT2D eigenvalue weighted by molar-refractivity contribution is 5.92. The van der Waals surface area contributed by atoms with Crippen LogP contribution in [-0.2, 0) is 7.05 Å². The van der Waals surface area contributed by atoms with Crippen LogP contribution >= 0.6 is 0 Å². The number of allylic oxidation sites excluding steroid dienone is 1. The SMILES string of the molecule is C=C1CCN(c2nn(C)c3c(F)c(C4CCN(C5CCN(C(=C)C67CCC(NC)(CC6)C7)CC5)CC4)c(F)cc23)C(=C)N1. The van der Waals surface area contributed by atoms with E-state index >= 15 is 8.78 Å². The molecule has 0 radical (unpaired) electrons. The molecule has 3 saturated heterocycles. The van der Waals surface area contributed by atoms with Crippen molar-refractivity contribution in [3.05, 3.63) is 60.2 Å². The van der Waals surface area contributed by atoms with Gasteiger partial charge < -0.3 is 25.3 Å². The molecule has 1 aromatic heterocycles. The van der Waals surface area contributed by atoms with Crippen LogP contribution in [0.2, 0.25) is 0 Å². The summed E-state index contributed by atoms with van der Waals surface area (Å²) in [7, 11) is 3.86. The molecule has 2 N–H and O–H groups in total. The first-order valence-electron chi connectivity index (χ1n) is 16.3. The highest BCUT2D eigenvalue weighted by atomic mass is 19.1. The van der Waals surface area contributed by atoms with Crippen molar-refractivity contribution in [2.45, 2.75) is 81.7 Å². The summed E-state index contributed by atoms with van der Waals surface area (Å²) < 4.78 is 33.4. The normalized spacial score (nSPS) is 29.2. The Morgan fingerprint density at radius 3 is 2.35 bits per heavy atom. The minimum absolute atomic E-state index is 0.134. The van der Waals surface area contributed by atoms with E-state index < -0.39 is 11.6 Å². The molecule has 2 aromatic rings. The first-order chi connectivity index (χ1) is 20.6. The molecule has 0 amide bonds. The van der Waals surface area contributed by atoms with Gasteiger partial charge >= 0.3 is 0 Å². The van der Waals surface area contributed by atoms with Crippen molar-refractivity contribution in [1.82, 2.24) is 30.2 Å². The minimum Gasteiger partial charge on any atom is -0.375 e. The van der Waals surface area contributed by atoms with Gasteiger partial charge in [-0.3, -0.25) is 4.68 Å². The number of piperidine rings is 2. The number of aryl methyl sites for hydroxylation is 1. The zero-order chi connectivity index (χ0) is 30.1. The number of hydrogen-bond donors (Lipinski definition) is 2. The molecule has 0 spiro atoms. The summed E-state index contributed by atoms with van der Waals surface area (Å²) in [5.74, 6) is 0.0749. The van der Waals surface area contributed by atoms with E-state index in [1.54, 1.807) is 11.7 Å². The number of benzene rings is 1. The van der Waals surface area contributed by atoms with Gasteiger partial charge in [0, 0.05) is 67.1 Å². The van der Waals surface area contributed by atoms with Gasteiger partial charge in [-0.25, -0.2) is 8.78 Å². The number of halogens is 2. The summed E-state index contributed by atoms with van der Waals surface area (Å²) in [5.41, 5.74) is 3.47. The summed E-state index contributed by atoms with van der Waals surface area (Å²) >= 11 is 0. The van der Waals surface area contributed by atoms with Crippen LogP contribution in [0.4, 0.5) is 14.6 Å². The Balaban J connectivity index is 0.997. The lowest BCUT2D eigenvalue weighted by Gasteiger charge is -2.45. The zero-order valence-electron chi connectivity index (χ0n) is 26.0. The second kappa shape index (κ2) is 10.6. The predicted octanol–water partition coefficient (Wildman–Crippen LogP) is 5.72. The van der Waals surface area contributed by atoms with E-state index in [4.69, 9.17) is 0 Å². The van der Waals surface area contributed by atoms with E-state index in [0.29, 0.717) is 52.5 Å². The fraction of sp³-hybridized carbons (Fsp3) is 0.618. The summed E-state index contributed by atoms with van der Waals surface area (Å²) in [4.78, 5) is 7.03. The van der Waals surface area contributed by atoms with Gasteiger partial charge in [-0.1, -0.05) is 19.7 Å². The van der Waals surface area contributed by atoms with Gasteiger partial charge in [0.1, 0.15) is 17.2 Å². The second-order valence-corrected chi connectivity index (χ2v) is 14.0. The molecule has 1 aromatic carbocycles. The van der Waals surface area contributed by atoms with E-state index in [1.165, 1.54) is 43.9 Å². The molecule has 4 heterocycles. The number of aromatic nitrogens is 2. The van der Waals surface area contributed by atoms with Gasteiger partial charge in [-0.2, -0.15) is 5.10 Å². The largest absolute Gasteiger partial charge is 0.375 e. The van der Waals surface area contributed by atoms with E-state index in [-0.39, 0.29) is 11.5 Å². The molecule has 3 aliphatic heterocycles.